The average molecular weight is 669 g/mol. The van der Waals surface area contributed by atoms with Gasteiger partial charge in [0.2, 0.25) is 11.8 Å². The number of piperazine rings is 1. The Balaban J connectivity index is 1.15. The Hall–Kier alpha value is -3.11. The van der Waals surface area contributed by atoms with Gasteiger partial charge in [-0.2, -0.15) is 0 Å². The highest BCUT2D eigenvalue weighted by Crippen LogP contribution is 2.33. The molecule has 1 aliphatic carbocycles. The van der Waals surface area contributed by atoms with Gasteiger partial charge in [-0.3, -0.25) is 19.3 Å². The van der Waals surface area contributed by atoms with Gasteiger partial charge in [0.15, 0.2) is 0 Å². The molecule has 0 radical (unpaired) electrons. The molecule has 1 N–H and O–H groups in total. The molecule has 2 atom stereocenters. The van der Waals surface area contributed by atoms with E-state index in [1.54, 1.807) is 23.2 Å². The number of nitrogens with one attached hydrogen (secondary N) is 1. The third-order valence-corrected chi connectivity index (χ3v) is 10.7. The molecule has 0 unspecified atom stereocenters. The fourth-order valence-electron chi connectivity index (χ4n) is 7.15. The van der Waals surface area contributed by atoms with Crippen molar-refractivity contribution in [3.8, 4) is 0 Å². The van der Waals surface area contributed by atoms with Crippen LogP contribution in [0.4, 0.5) is 5.69 Å². The lowest BCUT2D eigenvalue weighted by molar-refractivity contribution is -0.135. The van der Waals surface area contributed by atoms with E-state index in [2.05, 4.69) is 17.1 Å². The number of likely N-dealkylation sites (N-methyl/N-ethyl adjacent to an activating group) is 1. The molecule has 3 fully saturated rings. The van der Waals surface area contributed by atoms with Crippen LogP contribution < -0.4 is 5.32 Å². The van der Waals surface area contributed by atoms with Crippen molar-refractivity contribution in [3.05, 3.63) is 63.8 Å². The summed E-state index contributed by atoms with van der Waals surface area (Å²) in [5, 5.41) is 4.40. The summed E-state index contributed by atoms with van der Waals surface area (Å²) in [4.78, 5) is 45.5. The van der Waals surface area contributed by atoms with Crippen molar-refractivity contribution in [1.29, 1.82) is 0 Å². The first-order chi connectivity index (χ1) is 22.1. The van der Waals surface area contributed by atoms with Crippen LogP contribution in [0.5, 0.6) is 0 Å². The molecule has 3 aliphatic rings. The van der Waals surface area contributed by atoms with Crippen molar-refractivity contribution in [1.82, 2.24) is 19.3 Å². The molecule has 2 saturated heterocycles. The Labute approximate surface area is 280 Å². The molecule has 11 heteroatoms. The van der Waals surface area contributed by atoms with Crippen molar-refractivity contribution in [2.45, 2.75) is 63.6 Å². The van der Waals surface area contributed by atoms with E-state index in [0.717, 1.165) is 42.6 Å². The van der Waals surface area contributed by atoms with Crippen LogP contribution in [-0.4, -0.2) is 95.0 Å². The Bertz CT molecular complexity index is 1620. The maximum atomic E-state index is 13.9. The molecule has 9 nitrogen and oxygen atoms in total. The summed E-state index contributed by atoms with van der Waals surface area (Å²) in [6.07, 6.45) is 7.29. The minimum Gasteiger partial charge on any atom is -0.376 e. The van der Waals surface area contributed by atoms with E-state index in [4.69, 9.17) is 27.9 Å². The van der Waals surface area contributed by atoms with Crippen LogP contribution in [-0.2, 0) is 27.8 Å². The molecule has 246 valence electrons. The second-order valence-corrected chi connectivity index (χ2v) is 14.1. The van der Waals surface area contributed by atoms with Crippen LogP contribution in [0.3, 0.4) is 0 Å². The van der Waals surface area contributed by atoms with Crippen LogP contribution in [0.15, 0.2) is 42.6 Å². The highest BCUT2D eigenvalue weighted by Gasteiger charge is 2.40. The normalized spacial score (nSPS) is 24.2. The fourth-order valence-corrected chi connectivity index (χ4v) is 7.61. The first-order valence-electron chi connectivity index (χ1n) is 16.3. The van der Waals surface area contributed by atoms with Crippen molar-refractivity contribution in [2.24, 2.45) is 13.0 Å². The van der Waals surface area contributed by atoms with Gasteiger partial charge in [0.25, 0.3) is 5.91 Å². The van der Waals surface area contributed by atoms with Gasteiger partial charge in [0, 0.05) is 61.9 Å². The number of aromatic nitrogens is 1. The second kappa shape index (κ2) is 13.9. The molecule has 0 spiro atoms. The first kappa shape index (κ1) is 32.8. The van der Waals surface area contributed by atoms with Crippen LogP contribution in [0.2, 0.25) is 10.0 Å². The van der Waals surface area contributed by atoms with Gasteiger partial charge in [-0.15, -0.1) is 0 Å². The van der Waals surface area contributed by atoms with E-state index in [0.29, 0.717) is 53.1 Å². The predicted octanol–water partition coefficient (Wildman–Crippen LogP) is 5.62. The van der Waals surface area contributed by atoms with E-state index in [-0.39, 0.29) is 42.3 Å². The zero-order valence-electron chi connectivity index (χ0n) is 26.8. The van der Waals surface area contributed by atoms with Crippen molar-refractivity contribution >= 4 is 57.5 Å². The third kappa shape index (κ3) is 7.08. The second-order valence-electron chi connectivity index (χ2n) is 13.3. The lowest BCUT2D eigenvalue weighted by Gasteiger charge is -2.35. The number of para-hydroxylation sites is 1. The molecule has 6 rings (SSSR count). The molecular formula is C35H43Cl2N5O4. The number of hydrogen-bond donors (Lipinski definition) is 1. The Kier molecular flexibility index (Phi) is 9.94. The number of ether oxygens (including phenoxy) is 1. The Morgan fingerprint density at radius 3 is 2.54 bits per heavy atom. The topological polar surface area (TPSA) is 87.1 Å². The molecule has 46 heavy (non-hydrogen) atoms. The smallest absolute Gasteiger partial charge is 0.257 e. The van der Waals surface area contributed by atoms with E-state index < -0.39 is 0 Å². The van der Waals surface area contributed by atoms with Gasteiger partial charge < -0.3 is 24.4 Å². The molecule has 3 heterocycles. The van der Waals surface area contributed by atoms with E-state index >= 15 is 0 Å². The number of halogens is 2. The number of carbonyl (C=O) groups excluding carboxylic acids is 3. The summed E-state index contributed by atoms with van der Waals surface area (Å²) in [5.41, 5.74) is 2.46. The average Bonchev–Trinajstić information content (AvgIpc) is 3.62. The Morgan fingerprint density at radius 2 is 1.78 bits per heavy atom. The van der Waals surface area contributed by atoms with E-state index in [1.807, 2.05) is 47.8 Å². The molecule has 3 aromatic rings. The number of benzene rings is 2. The molecule has 0 bridgehead atoms. The zero-order valence-corrected chi connectivity index (χ0v) is 28.3. The SMILES string of the molecule is CN1CCN([C@H]2C[C@@H](CO[C@H]3CC[C@H](C)CC3)N(C(=O)Cc3cc(Cl)c(NC(=O)c4cn(C)c5ccccc45)cc3Cl)C2)CC1=O. The van der Waals surface area contributed by atoms with Gasteiger partial charge in [-0.05, 0) is 61.8 Å². The van der Waals surface area contributed by atoms with Gasteiger partial charge in [0.1, 0.15) is 0 Å². The van der Waals surface area contributed by atoms with Crippen LogP contribution >= 0.6 is 23.2 Å². The number of rotatable bonds is 8. The van der Waals surface area contributed by atoms with E-state index in [1.165, 1.54) is 12.8 Å². The van der Waals surface area contributed by atoms with Crippen molar-refractivity contribution in [3.63, 3.8) is 0 Å². The largest absolute Gasteiger partial charge is 0.376 e. The number of hydrogen-bond acceptors (Lipinski definition) is 5. The van der Waals surface area contributed by atoms with E-state index in [9.17, 15) is 14.4 Å². The monoisotopic (exact) mass is 667 g/mol. The number of carbonyl (C=O) groups is 3. The maximum absolute atomic E-state index is 13.9. The summed E-state index contributed by atoms with van der Waals surface area (Å²) in [6, 6.07) is 11.0. The number of anilines is 1. The molecule has 1 saturated carbocycles. The van der Waals surface area contributed by atoms with Crippen molar-refractivity contribution in [2.75, 3.05) is 45.2 Å². The molecule has 1 aromatic heterocycles. The minimum absolute atomic E-state index is 0.0562. The van der Waals surface area contributed by atoms with Gasteiger partial charge in [-0.1, -0.05) is 48.3 Å². The fraction of sp³-hybridized carbons (Fsp3) is 0.514. The van der Waals surface area contributed by atoms with Crippen LogP contribution in [0.25, 0.3) is 10.9 Å². The molecular weight excluding hydrogens is 625 g/mol. The molecule has 2 aliphatic heterocycles. The quantitative estimate of drug-likeness (QED) is 0.337. The number of likely N-dealkylation sites (tertiary alicyclic amines) is 1. The lowest BCUT2D eigenvalue weighted by Crippen LogP contribution is -2.52. The number of nitrogens with zero attached hydrogens (tertiary/aromatic N) is 4. The van der Waals surface area contributed by atoms with Gasteiger partial charge in [0.05, 0.1) is 48.0 Å². The predicted molar refractivity (Wildman–Crippen MR) is 182 cm³/mol. The summed E-state index contributed by atoms with van der Waals surface area (Å²) in [7, 11) is 3.73. The zero-order chi connectivity index (χ0) is 32.5. The number of amides is 3. The highest BCUT2D eigenvalue weighted by molar-refractivity contribution is 6.36. The summed E-state index contributed by atoms with van der Waals surface area (Å²) in [6.45, 7) is 5.15. The molecule has 3 amide bonds. The van der Waals surface area contributed by atoms with Crippen LogP contribution in [0, 0.1) is 5.92 Å². The van der Waals surface area contributed by atoms with Crippen LogP contribution in [0.1, 0.15) is 54.9 Å². The summed E-state index contributed by atoms with van der Waals surface area (Å²) >= 11 is 13.4. The first-order valence-corrected chi connectivity index (χ1v) is 17.1. The standard InChI is InChI=1S/C35H43Cl2N5O4/c1-22-8-10-26(11-9-22)46-21-25-16-24(41-13-12-39(2)34(44)20-41)18-42(25)33(43)15-23-14-30(37)31(17-29(23)36)38-35(45)28-19-40(3)32-7-5-4-6-27(28)32/h4-7,14,17,19,22,24-26H,8-13,15-16,18,20-21H2,1-3H3,(H,38,45)/t22-,24-,25-,26-/m0/s1. The molecule has 2 aromatic carbocycles. The highest BCUT2D eigenvalue weighted by atomic mass is 35.5. The summed E-state index contributed by atoms with van der Waals surface area (Å²) < 4.78 is 8.31. The van der Waals surface area contributed by atoms with Gasteiger partial charge >= 0.3 is 0 Å². The number of fused-ring (bicyclic) bond motifs is 1. The van der Waals surface area contributed by atoms with Gasteiger partial charge in [-0.25, -0.2) is 0 Å². The minimum atomic E-state index is -0.292. The Morgan fingerprint density at radius 1 is 1.02 bits per heavy atom. The third-order valence-electron chi connectivity index (χ3n) is 10.1. The van der Waals surface area contributed by atoms with Crippen molar-refractivity contribution < 1.29 is 19.1 Å². The maximum Gasteiger partial charge on any atom is 0.257 e. The lowest BCUT2D eigenvalue weighted by atomic mass is 9.89. The summed E-state index contributed by atoms with van der Waals surface area (Å²) in [5.74, 6) is 0.492. The number of aryl methyl sites for hydroxylation is 1.